The third-order valence-corrected chi connectivity index (χ3v) is 2.02. The molecular formula is C9H11F3N4O3. The largest absolute Gasteiger partial charge is 0.460 e. The first-order valence-corrected chi connectivity index (χ1v) is 5.24. The van der Waals surface area contributed by atoms with E-state index in [1.807, 2.05) is 0 Å². The Morgan fingerprint density at radius 3 is 2.68 bits per heavy atom. The lowest BCUT2D eigenvalue weighted by molar-refractivity contribution is -0.387. The minimum absolute atomic E-state index is 0.0440. The van der Waals surface area contributed by atoms with Gasteiger partial charge in [-0.15, -0.1) is 0 Å². The van der Waals surface area contributed by atoms with Gasteiger partial charge in [-0.2, -0.15) is 18.2 Å². The lowest BCUT2D eigenvalue weighted by Crippen LogP contribution is -2.31. The van der Waals surface area contributed by atoms with E-state index < -0.39 is 28.8 Å². The molecule has 1 heterocycles. The van der Waals surface area contributed by atoms with Crippen molar-refractivity contribution in [3.63, 3.8) is 0 Å². The van der Waals surface area contributed by atoms with Gasteiger partial charge in [-0.1, -0.05) is 0 Å². The minimum Gasteiger partial charge on any atom is -0.460 e. The Hall–Kier alpha value is -2.13. The van der Waals surface area contributed by atoms with Crippen LogP contribution in [0.2, 0.25) is 0 Å². The number of ether oxygens (including phenoxy) is 1. The molecule has 0 bridgehead atoms. The fourth-order valence-electron chi connectivity index (χ4n) is 1.05. The molecule has 1 unspecified atom stereocenters. The molecule has 19 heavy (non-hydrogen) atoms. The van der Waals surface area contributed by atoms with Crippen LogP contribution in [0.15, 0.2) is 6.20 Å². The lowest BCUT2D eigenvalue weighted by Gasteiger charge is -2.16. The fraction of sp³-hybridized carbons (Fsp3) is 0.556. The number of alkyl halides is 3. The van der Waals surface area contributed by atoms with Crippen molar-refractivity contribution >= 4 is 11.6 Å². The van der Waals surface area contributed by atoms with E-state index in [9.17, 15) is 23.3 Å². The number of nitrogens with zero attached hydrogens (tertiary/aromatic N) is 3. The number of anilines is 1. The van der Waals surface area contributed by atoms with E-state index >= 15 is 0 Å². The Balaban J connectivity index is 3.07. The molecule has 0 amide bonds. The molecule has 7 nitrogen and oxygen atoms in total. The molecule has 10 heteroatoms. The van der Waals surface area contributed by atoms with Gasteiger partial charge < -0.3 is 10.1 Å². The first-order valence-electron chi connectivity index (χ1n) is 5.24. The van der Waals surface area contributed by atoms with Gasteiger partial charge in [0.15, 0.2) is 6.10 Å². The summed E-state index contributed by atoms with van der Waals surface area (Å²) in [7, 11) is 0. The van der Waals surface area contributed by atoms with Gasteiger partial charge in [0.1, 0.15) is 6.20 Å². The monoisotopic (exact) mass is 280 g/mol. The van der Waals surface area contributed by atoms with E-state index in [0.717, 1.165) is 13.1 Å². The van der Waals surface area contributed by atoms with Crippen molar-refractivity contribution in [3.05, 3.63) is 16.3 Å². The second kappa shape index (κ2) is 5.67. The predicted molar refractivity (Wildman–Crippen MR) is 59.0 cm³/mol. The summed E-state index contributed by atoms with van der Waals surface area (Å²) in [6, 6.07) is 0. The van der Waals surface area contributed by atoms with Crippen molar-refractivity contribution in [1.82, 2.24) is 9.97 Å². The second-order valence-electron chi connectivity index (χ2n) is 3.47. The third kappa shape index (κ3) is 3.93. The van der Waals surface area contributed by atoms with E-state index in [1.54, 1.807) is 6.92 Å². The summed E-state index contributed by atoms with van der Waals surface area (Å²) in [4.78, 5) is 16.9. The number of nitro groups is 1. The van der Waals surface area contributed by atoms with Crippen LogP contribution in [0.1, 0.15) is 13.8 Å². The summed E-state index contributed by atoms with van der Waals surface area (Å²) in [5.41, 5.74) is -0.724. The predicted octanol–water partition coefficient (Wildman–Crippen LogP) is 2.15. The van der Waals surface area contributed by atoms with Crippen molar-refractivity contribution in [3.8, 4) is 5.88 Å². The van der Waals surface area contributed by atoms with Gasteiger partial charge in [-0.25, -0.2) is 4.98 Å². The molecule has 0 spiro atoms. The van der Waals surface area contributed by atoms with Crippen molar-refractivity contribution in [2.24, 2.45) is 0 Å². The summed E-state index contributed by atoms with van der Waals surface area (Å²) in [5.74, 6) is -0.766. The summed E-state index contributed by atoms with van der Waals surface area (Å²) in [6.07, 6.45) is -6.06. The van der Waals surface area contributed by atoms with Crippen LogP contribution >= 0.6 is 0 Å². The van der Waals surface area contributed by atoms with E-state index in [0.29, 0.717) is 6.54 Å². The maximum atomic E-state index is 12.4. The van der Waals surface area contributed by atoms with E-state index in [1.165, 1.54) is 0 Å². The van der Waals surface area contributed by atoms with Gasteiger partial charge in [-0.3, -0.25) is 10.1 Å². The number of hydrogen-bond acceptors (Lipinski definition) is 6. The normalized spacial score (nSPS) is 12.9. The minimum atomic E-state index is -4.64. The summed E-state index contributed by atoms with van der Waals surface area (Å²) < 4.78 is 41.6. The molecule has 0 aliphatic rings. The van der Waals surface area contributed by atoms with Gasteiger partial charge >= 0.3 is 11.9 Å². The van der Waals surface area contributed by atoms with Gasteiger partial charge in [0, 0.05) is 6.54 Å². The SMILES string of the molecule is CCNc1ncc([N+](=O)[O-])c(OC(C)C(F)(F)F)n1. The van der Waals surface area contributed by atoms with Crippen LogP contribution in [-0.2, 0) is 0 Å². The smallest absolute Gasteiger partial charge is 0.425 e. The molecular weight excluding hydrogens is 269 g/mol. The molecule has 1 N–H and O–H groups in total. The zero-order chi connectivity index (χ0) is 14.6. The number of rotatable bonds is 5. The average Bonchev–Trinajstić information content (AvgIpc) is 2.28. The number of aromatic nitrogens is 2. The average molecular weight is 280 g/mol. The van der Waals surface area contributed by atoms with Crippen LogP contribution in [-0.4, -0.2) is 33.7 Å². The molecule has 0 saturated carbocycles. The quantitative estimate of drug-likeness (QED) is 0.656. The first kappa shape index (κ1) is 14.9. The van der Waals surface area contributed by atoms with Gasteiger partial charge in [-0.05, 0) is 13.8 Å². The maximum Gasteiger partial charge on any atom is 0.425 e. The Morgan fingerprint density at radius 2 is 2.21 bits per heavy atom. The zero-order valence-electron chi connectivity index (χ0n) is 10.1. The second-order valence-corrected chi connectivity index (χ2v) is 3.47. The van der Waals surface area contributed by atoms with Crippen LogP contribution < -0.4 is 10.1 Å². The molecule has 1 aromatic rings. The maximum absolute atomic E-state index is 12.4. The topological polar surface area (TPSA) is 90.2 Å². The highest BCUT2D eigenvalue weighted by atomic mass is 19.4. The number of nitrogens with one attached hydrogen (secondary N) is 1. The summed E-state index contributed by atoms with van der Waals surface area (Å²) >= 11 is 0. The molecule has 0 fully saturated rings. The summed E-state index contributed by atoms with van der Waals surface area (Å²) in [6.45, 7) is 2.86. The molecule has 106 valence electrons. The third-order valence-electron chi connectivity index (χ3n) is 2.02. The molecule has 0 saturated heterocycles. The highest BCUT2D eigenvalue weighted by Gasteiger charge is 2.39. The Bertz CT molecular complexity index is 467. The fourth-order valence-corrected chi connectivity index (χ4v) is 1.05. The molecule has 1 rings (SSSR count). The lowest BCUT2D eigenvalue weighted by atomic mass is 10.4. The van der Waals surface area contributed by atoms with Crippen molar-refractivity contribution in [1.29, 1.82) is 0 Å². The zero-order valence-corrected chi connectivity index (χ0v) is 10.1. The van der Waals surface area contributed by atoms with Crippen LogP contribution in [0.4, 0.5) is 24.8 Å². The molecule has 1 atom stereocenters. The summed E-state index contributed by atoms with van der Waals surface area (Å²) in [5, 5.41) is 13.3. The highest BCUT2D eigenvalue weighted by Crippen LogP contribution is 2.29. The van der Waals surface area contributed by atoms with Crippen LogP contribution in [0.5, 0.6) is 5.88 Å². The molecule has 0 aliphatic heterocycles. The van der Waals surface area contributed by atoms with Crippen LogP contribution in [0.25, 0.3) is 0 Å². The van der Waals surface area contributed by atoms with E-state index in [4.69, 9.17) is 0 Å². The molecule has 1 aromatic heterocycles. The van der Waals surface area contributed by atoms with Gasteiger partial charge in [0.2, 0.25) is 5.95 Å². The molecule has 0 radical (unpaired) electrons. The van der Waals surface area contributed by atoms with Crippen LogP contribution in [0, 0.1) is 10.1 Å². The van der Waals surface area contributed by atoms with E-state index in [2.05, 4.69) is 20.0 Å². The molecule has 0 aromatic carbocycles. The highest BCUT2D eigenvalue weighted by molar-refractivity contribution is 5.43. The van der Waals surface area contributed by atoms with Crippen molar-refractivity contribution < 1.29 is 22.8 Å². The Kier molecular flexibility index (Phi) is 4.46. The Morgan fingerprint density at radius 1 is 1.58 bits per heavy atom. The molecule has 0 aliphatic carbocycles. The van der Waals surface area contributed by atoms with Gasteiger partial charge in [0.05, 0.1) is 4.92 Å². The Labute approximate surface area is 106 Å². The van der Waals surface area contributed by atoms with Crippen molar-refractivity contribution in [2.75, 3.05) is 11.9 Å². The first-order chi connectivity index (χ1) is 8.75. The standard InChI is InChI=1S/C9H11F3N4O3/c1-3-13-8-14-4-6(16(17)18)7(15-8)19-5(2)9(10,11)12/h4-5H,3H2,1-2H3,(H,13,14,15). The van der Waals surface area contributed by atoms with E-state index in [-0.39, 0.29) is 5.95 Å². The number of halogens is 3. The van der Waals surface area contributed by atoms with Gasteiger partial charge in [0.25, 0.3) is 5.88 Å². The van der Waals surface area contributed by atoms with Crippen molar-refractivity contribution in [2.45, 2.75) is 26.1 Å². The number of hydrogen-bond donors (Lipinski definition) is 1. The van der Waals surface area contributed by atoms with Crippen LogP contribution in [0.3, 0.4) is 0 Å².